The Hall–Kier alpha value is -4.75. The molecule has 3 aromatic carbocycles. The van der Waals surface area contributed by atoms with Gasteiger partial charge in [-0.25, -0.2) is 18.2 Å². The molecule has 1 fully saturated rings. The number of likely N-dealkylation sites (tertiary alicyclic amines) is 1. The van der Waals surface area contributed by atoms with Crippen molar-refractivity contribution in [2.45, 2.75) is 28.9 Å². The van der Waals surface area contributed by atoms with Gasteiger partial charge in [-0.3, -0.25) is 9.59 Å². The Balaban J connectivity index is 1.09. The average molecular weight is 605 g/mol. The first kappa shape index (κ1) is 27.4. The molecule has 42 heavy (non-hydrogen) atoms. The summed E-state index contributed by atoms with van der Waals surface area (Å²) in [6.45, 7) is 0.995. The predicted molar refractivity (Wildman–Crippen MR) is 154 cm³/mol. The SMILES string of the molecule is O=C(NCc1cnc(-c2ccc(O[C@H]3CCN(C(=O)O)C3)cc2)s1)c1ccc2c(c1)NC(=O)c1ccccc1S2(=O)=O. The molecule has 13 heteroatoms. The van der Waals surface area contributed by atoms with Gasteiger partial charge in [0, 0.05) is 35.2 Å². The Morgan fingerprint density at radius 3 is 2.64 bits per heavy atom. The first-order valence-corrected chi connectivity index (χ1v) is 15.3. The fourth-order valence-electron chi connectivity index (χ4n) is 4.86. The quantitative estimate of drug-likeness (QED) is 0.295. The van der Waals surface area contributed by atoms with Crippen molar-refractivity contribution >= 4 is 44.8 Å². The molecule has 4 aromatic rings. The Morgan fingerprint density at radius 1 is 1.10 bits per heavy atom. The summed E-state index contributed by atoms with van der Waals surface area (Å²) in [7, 11) is -3.96. The van der Waals surface area contributed by atoms with Gasteiger partial charge in [-0.05, 0) is 54.6 Å². The summed E-state index contributed by atoms with van der Waals surface area (Å²) >= 11 is 1.41. The average Bonchev–Trinajstić information content (AvgIpc) is 3.65. The minimum absolute atomic E-state index is 0.0449. The van der Waals surface area contributed by atoms with Crippen molar-refractivity contribution in [2.75, 3.05) is 18.4 Å². The van der Waals surface area contributed by atoms with Crippen molar-refractivity contribution in [3.63, 3.8) is 0 Å². The van der Waals surface area contributed by atoms with Crippen LogP contribution in [-0.4, -0.2) is 60.5 Å². The van der Waals surface area contributed by atoms with Crippen LogP contribution in [0.2, 0.25) is 0 Å². The lowest BCUT2D eigenvalue weighted by Crippen LogP contribution is -2.29. The van der Waals surface area contributed by atoms with E-state index in [4.69, 9.17) is 9.84 Å². The number of carbonyl (C=O) groups excluding carboxylic acids is 2. The van der Waals surface area contributed by atoms with Crippen LogP contribution in [0.5, 0.6) is 5.75 Å². The third kappa shape index (κ3) is 5.31. The highest BCUT2D eigenvalue weighted by atomic mass is 32.2. The molecule has 11 nitrogen and oxygen atoms in total. The largest absolute Gasteiger partial charge is 0.489 e. The molecule has 0 radical (unpaired) electrons. The van der Waals surface area contributed by atoms with Gasteiger partial charge >= 0.3 is 6.09 Å². The number of hydrogen-bond donors (Lipinski definition) is 3. The van der Waals surface area contributed by atoms with Gasteiger partial charge in [0.05, 0.1) is 34.1 Å². The Labute approximate surface area is 244 Å². The molecular formula is C29H24N4O7S2. The third-order valence-corrected chi connectivity index (χ3v) is 9.91. The van der Waals surface area contributed by atoms with Crippen LogP contribution in [-0.2, 0) is 16.4 Å². The van der Waals surface area contributed by atoms with E-state index in [1.54, 1.807) is 18.3 Å². The van der Waals surface area contributed by atoms with E-state index in [9.17, 15) is 22.8 Å². The van der Waals surface area contributed by atoms with E-state index >= 15 is 0 Å². The van der Waals surface area contributed by atoms with E-state index in [0.717, 1.165) is 15.4 Å². The standard InChI is InChI=1S/C29H24N4O7S2/c34-26(18-7-10-25-23(13-18)32-27(35)22-3-1-2-4-24(22)42(25,38)39)30-14-21-15-31-28(41-21)17-5-8-19(9-6-17)40-20-11-12-33(16-20)29(36)37/h1-10,13,15,20H,11-12,14,16H2,(H,30,34)(H,32,35)(H,36,37)/t20-/m0/s1. The summed E-state index contributed by atoms with van der Waals surface area (Å²) in [4.78, 5) is 43.1. The minimum atomic E-state index is -3.96. The molecule has 214 valence electrons. The first-order valence-electron chi connectivity index (χ1n) is 13.0. The van der Waals surface area contributed by atoms with Crippen LogP contribution in [0.15, 0.2) is 82.7 Å². The number of hydrogen-bond acceptors (Lipinski definition) is 8. The zero-order chi connectivity index (χ0) is 29.4. The highest BCUT2D eigenvalue weighted by molar-refractivity contribution is 7.91. The fraction of sp³-hybridized carbons (Fsp3) is 0.172. The lowest BCUT2D eigenvalue weighted by molar-refractivity contribution is 0.0949. The van der Waals surface area contributed by atoms with E-state index in [1.165, 1.54) is 46.6 Å². The molecule has 0 aliphatic carbocycles. The second-order valence-corrected chi connectivity index (χ2v) is 12.8. The molecule has 2 aliphatic rings. The van der Waals surface area contributed by atoms with Crippen molar-refractivity contribution in [3.8, 4) is 16.3 Å². The van der Waals surface area contributed by atoms with Crippen LogP contribution >= 0.6 is 11.3 Å². The van der Waals surface area contributed by atoms with Gasteiger partial charge in [-0.15, -0.1) is 11.3 Å². The number of carbonyl (C=O) groups is 3. The van der Waals surface area contributed by atoms with Crippen LogP contribution in [0.1, 0.15) is 32.0 Å². The first-order chi connectivity index (χ1) is 20.2. The number of anilines is 1. The molecule has 6 rings (SSSR count). The van der Waals surface area contributed by atoms with Crippen molar-refractivity contribution in [3.05, 3.63) is 88.9 Å². The number of thiazole rings is 1. The number of carboxylic acid groups (broad SMARTS) is 1. The van der Waals surface area contributed by atoms with Gasteiger partial charge in [0.2, 0.25) is 9.84 Å². The number of nitrogens with one attached hydrogen (secondary N) is 2. The zero-order valence-electron chi connectivity index (χ0n) is 21.9. The van der Waals surface area contributed by atoms with Gasteiger partial charge in [0.1, 0.15) is 16.9 Å². The molecule has 0 bridgehead atoms. The number of amides is 3. The number of nitrogens with zero attached hydrogens (tertiary/aromatic N) is 2. The van der Waals surface area contributed by atoms with Crippen LogP contribution in [0.4, 0.5) is 10.5 Å². The third-order valence-electron chi connectivity index (χ3n) is 7.00. The summed E-state index contributed by atoms with van der Waals surface area (Å²) < 4.78 is 32.3. The van der Waals surface area contributed by atoms with Crippen molar-refractivity contribution in [1.29, 1.82) is 0 Å². The molecule has 0 saturated carbocycles. The Morgan fingerprint density at radius 2 is 1.88 bits per heavy atom. The summed E-state index contributed by atoms with van der Waals surface area (Å²) in [5, 5.41) is 15.3. The van der Waals surface area contributed by atoms with E-state index in [2.05, 4.69) is 15.6 Å². The smallest absolute Gasteiger partial charge is 0.407 e. The highest BCUT2D eigenvalue weighted by Gasteiger charge is 2.31. The monoisotopic (exact) mass is 604 g/mol. The van der Waals surface area contributed by atoms with Gasteiger partial charge in [-0.2, -0.15) is 0 Å². The van der Waals surface area contributed by atoms with Crippen LogP contribution in [0, 0.1) is 0 Å². The summed E-state index contributed by atoms with van der Waals surface area (Å²) in [6.07, 6.45) is 1.19. The fourth-order valence-corrected chi connectivity index (χ4v) is 7.31. The van der Waals surface area contributed by atoms with Crippen LogP contribution in [0.3, 0.4) is 0 Å². The van der Waals surface area contributed by atoms with Gasteiger partial charge in [-0.1, -0.05) is 12.1 Å². The normalized spacial score (nSPS) is 17.0. The molecule has 3 N–H and O–H groups in total. The molecule has 0 unspecified atom stereocenters. The number of aromatic nitrogens is 1. The lowest BCUT2D eigenvalue weighted by Gasteiger charge is -2.14. The maximum Gasteiger partial charge on any atom is 0.407 e. The maximum absolute atomic E-state index is 13.2. The molecule has 3 amide bonds. The van der Waals surface area contributed by atoms with Crippen molar-refractivity contribution in [2.24, 2.45) is 0 Å². The van der Waals surface area contributed by atoms with Gasteiger partial charge in [0.25, 0.3) is 11.8 Å². The molecule has 1 saturated heterocycles. The number of benzene rings is 3. The second kappa shape index (κ2) is 10.9. The van der Waals surface area contributed by atoms with Gasteiger partial charge in [0.15, 0.2) is 0 Å². The molecule has 2 aliphatic heterocycles. The number of rotatable bonds is 6. The molecule has 3 heterocycles. The van der Waals surface area contributed by atoms with E-state index in [-0.39, 0.29) is 39.3 Å². The van der Waals surface area contributed by atoms with Crippen molar-refractivity contribution in [1.82, 2.24) is 15.2 Å². The Kier molecular flexibility index (Phi) is 7.12. The van der Waals surface area contributed by atoms with Crippen LogP contribution in [0.25, 0.3) is 10.6 Å². The second-order valence-electron chi connectivity index (χ2n) is 9.76. The number of fused-ring (bicyclic) bond motifs is 2. The summed E-state index contributed by atoms with van der Waals surface area (Å²) in [5.74, 6) is -0.352. The number of ether oxygens (including phenoxy) is 1. The van der Waals surface area contributed by atoms with Gasteiger partial charge < -0.3 is 25.4 Å². The number of sulfone groups is 1. The van der Waals surface area contributed by atoms with E-state index < -0.39 is 27.7 Å². The highest BCUT2D eigenvalue weighted by Crippen LogP contribution is 2.34. The van der Waals surface area contributed by atoms with Crippen molar-refractivity contribution < 1.29 is 32.6 Å². The maximum atomic E-state index is 13.2. The lowest BCUT2D eigenvalue weighted by atomic mass is 10.1. The summed E-state index contributed by atoms with van der Waals surface area (Å²) in [5.41, 5.74) is 1.16. The van der Waals surface area contributed by atoms with E-state index in [1.807, 2.05) is 24.3 Å². The summed E-state index contributed by atoms with van der Waals surface area (Å²) in [6, 6.07) is 17.5. The van der Waals surface area contributed by atoms with E-state index in [0.29, 0.717) is 25.3 Å². The Bertz CT molecular complexity index is 1820. The predicted octanol–water partition coefficient (Wildman–Crippen LogP) is 4.27. The van der Waals surface area contributed by atoms with Crippen LogP contribution < -0.4 is 15.4 Å². The molecule has 0 spiro atoms. The molecular weight excluding hydrogens is 580 g/mol. The molecule has 1 atom stereocenters. The minimum Gasteiger partial charge on any atom is -0.489 e. The zero-order valence-corrected chi connectivity index (χ0v) is 23.6. The molecule has 1 aromatic heterocycles. The topological polar surface area (TPSA) is 155 Å².